The van der Waals surface area contributed by atoms with Crippen molar-refractivity contribution < 1.29 is 9.59 Å². The number of rotatable bonds is 6. The summed E-state index contributed by atoms with van der Waals surface area (Å²) in [7, 11) is 0. The van der Waals surface area contributed by atoms with Gasteiger partial charge in [-0.3, -0.25) is 9.59 Å². The van der Waals surface area contributed by atoms with E-state index in [2.05, 4.69) is 14.9 Å². The normalized spacial score (nSPS) is 13.3. The van der Waals surface area contributed by atoms with E-state index in [0.29, 0.717) is 24.3 Å². The number of carbonyl (C=O) groups excluding carboxylic acids is 2. The summed E-state index contributed by atoms with van der Waals surface area (Å²) in [6.45, 7) is 2.60. The van der Waals surface area contributed by atoms with Gasteiger partial charge >= 0.3 is 0 Å². The maximum atomic E-state index is 12.7. The lowest BCUT2D eigenvalue weighted by Crippen LogP contribution is -2.34. The molecule has 0 aliphatic carbocycles. The number of amides is 2. The molecule has 2 heterocycles. The van der Waals surface area contributed by atoms with E-state index in [-0.39, 0.29) is 11.8 Å². The monoisotopic (exact) mass is 406 g/mol. The first-order chi connectivity index (χ1) is 14.2. The molecular formula is C22H22N4O2S. The summed E-state index contributed by atoms with van der Waals surface area (Å²) in [6, 6.07) is 15.7. The zero-order valence-electron chi connectivity index (χ0n) is 16.2. The molecule has 7 heteroatoms. The molecule has 0 saturated heterocycles. The molecule has 1 N–H and O–H groups in total. The molecule has 4 rings (SSSR count). The van der Waals surface area contributed by atoms with Crippen LogP contribution in [-0.2, 0) is 24.2 Å². The minimum Gasteiger partial charge on any atom is -0.321 e. The largest absolute Gasteiger partial charge is 0.321 e. The lowest BCUT2D eigenvalue weighted by atomic mass is 9.99. The van der Waals surface area contributed by atoms with Crippen molar-refractivity contribution in [3.8, 4) is 0 Å². The number of anilines is 2. The van der Waals surface area contributed by atoms with Crippen LogP contribution in [0.3, 0.4) is 0 Å². The van der Waals surface area contributed by atoms with Gasteiger partial charge in [0.25, 0.3) is 5.91 Å². The highest BCUT2D eigenvalue weighted by atomic mass is 32.1. The highest BCUT2D eigenvalue weighted by Gasteiger charge is 2.25. The molecule has 3 aromatic rings. The van der Waals surface area contributed by atoms with Crippen molar-refractivity contribution in [1.29, 1.82) is 0 Å². The molecule has 1 aliphatic heterocycles. The lowest BCUT2D eigenvalue weighted by Gasteiger charge is -2.30. The first-order valence-corrected chi connectivity index (χ1v) is 10.5. The smallest absolute Gasteiger partial charge is 0.269 e. The number of hydrogen-bond donors (Lipinski definition) is 1. The van der Waals surface area contributed by atoms with Gasteiger partial charge in [-0.05, 0) is 53.7 Å². The minimum absolute atomic E-state index is 0.123. The van der Waals surface area contributed by atoms with Gasteiger partial charge in [-0.25, -0.2) is 0 Å². The fraction of sp³-hybridized carbons (Fsp3) is 0.273. The summed E-state index contributed by atoms with van der Waals surface area (Å²) in [5.74, 6) is -0.0606. The fourth-order valence-corrected chi connectivity index (χ4v) is 4.15. The van der Waals surface area contributed by atoms with E-state index in [1.165, 1.54) is 0 Å². The third-order valence-electron chi connectivity index (χ3n) is 4.97. The van der Waals surface area contributed by atoms with Gasteiger partial charge in [0.1, 0.15) is 4.88 Å². The Hall–Kier alpha value is -3.06. The maximum Gasteiger partial charge on any atom is 0.269 e. The zero-order chi connectivity index (χ0) is 20.2. The Labute approximate surface area is 173 Å². The second-order valence-corrected chi connectivity index (χ2v) is 7.82. The molecule has 6 nitrogen and oxygen atoms in total. The predicted molar refractivity (Wildman–Crippen MR) is 114 cm³/mol. The van der Waals surface area contributed by atoms with E-state index in [0.717, 1.165) is 52.6 Å². The first-order valence-electron chi connectivity index (χ1n) is 9.75. The summed E-state index contributed by atoms with van der Waals surface area (Å²) in [5.41, 5.74) is 4.53. The summed E-state index contributed by atoms with van der Waals surface area (Å²) in [6.07, 6.45) is 2.79. The van der Waals surface area contributed by atoms with Crippen molar-refractivity contribution in [3.05, 3.63) is 70.2 Å². The molecule has 0 unspecified atom stereocenters. The van der Waals surface area contributed by atoms with Crippen LogP contribution in [0.4, 0.5) is 11.4 Å². The van der Waals surface area contributed by atoms with E-state index >= 15 is 0 Å². The second kappa shape index (κ2) is 8.53. The van der Waals surface area contributed by atoms with E-state index in [4.69, 9.17) is 0 Å². The van der Waals surface area contributed by atoms with Crippen molar-refractivity contribution in [2.45, 2.75) is 39.2 Å². The van der Waals surface area contributed by atoms with E-state index in [9.17, 15) is 9.59 Å². The molecule has 2 amide bonds. The van der Waals surface area contributed by atoms with Crippen LogP contribution in [0.15, 0.2) is 48.5 Å². The summed E-state index contributed by atoms with van der Waals surface area (Å²) in [4.78, 5) is 27.6. The fourth-order valence-electron chi connectivity index (χ4n) is 3.55. The maximum absolute atomic E-state index is 12.7. The number of nitrogens with one attached hydrogen (secondary N) is 1. The number of benzene rings is 2. The molecular weight excluding hydrogens is 384 g/mol. The number of carbonyl (C=O) groups is 2. The SMILES string of the molecule is CCCc1nnsc1C(=O)Nc1ccc2c(c1)CCC(=O)N2Cc1ccccc1. The first kappa shape index (κ1) is 19.3. The van der Waals surface area contributed by atoms with Crippen LogP contribution in [0.2, 0.25) is 0 Å². The summed E-state index contributed by atoms with van der Waals surface area (Å²) >= 11 is 1.12. The molecule has 0 bridgehead atoms. The molecule has 148 valence electrons. The second-order valence-electron chi connectivity index (χ2n) is 7.06. The van der Waals surface area contributed by atoms with Crippen molar-refractivity contribution in [2.24, 2.45) is 0 Å². The predicted octanol–water partition coefficient (Wildman–Crippen LogP) is 4.22. The molecule has 0 atom stereocenters. The molecule has 1 aliphatic rings. The minimum atomic E-state index is -0.184. The van der Waals surface area contributed by atoms with Crippen LogP contribution in [0, 0.1) is 0 Å². The van der Waals surface area contributed by atoms with Crippen LogP contribution in [0.1, 0.15) is 46.3 Å². The Morgan fingerprint density at radius 2 is 2.00 bits per heavy atom. The lowest BCUT2D eigenvalue weighted by molar-refractivity contribution is -0.119. The number of nitrogens with zero attached hydrogens (tertiary/aromatic N) is 3. The molecule has 0 fully saturated rings. The van der Waals surface area contributed by atoms with Gasteiger partial charge in [0.15, 0.2) is 0 Å². The van der Waals surface area contributed by atoms with Gasteiger partial charge < -0.3 is 10.2 Å². The van der Waals surface area contributed by atoms with Crippen molar-refractivity contribution in [1.82, 2.24) is 9.59 Å². The van der Waals surface area contributed by atoms with Crippen molar-refractivity contribution in [2.75, 3.05) is 10.2 Å². The van der Waals surface area contributed by atoms with Gasteiger partial charge in [0.05, 0.1) is 12.2 Å². The third kappa shape index (κ3) is 4.19. The number of aryl methyl sites for hydroxylation is 2. The summed E-state index contributed by atoms with van der Waals surface area (Å²) in [5, 5.41) is 7.02. The quantitative estimate of drug-likeness (QED) is 0.665. The molecule has 0 spiro atoms. The Balaban J connectivity index is 1.54. The van der Waals surface area contributed by atoms with Crippen LogP contribution in [-0.4, -0.2) is 21.4 Å². The van der Waals surface area contributed by atoms with Crippen molar-refractivity contribution >= 4 is 34.7 Å². The van der Waals surface area contributed by atoms with Gasteiger partial charge in [-0.2, -0.15) is 0 Å². The molecule has 2 aromatic carbocycles. The van der Waals surface area contributed by atoms with E-state index < -0.39 is 0 Å². The van der Waals surface area contributed by atoms with E-state index in [1.54, 1.807) is 0 Å². The Morgan fingerprint density at radius 1 is 1.17 bits per heavy atom. The van der Waals surface area contributed by atoms with Crippen LogP contribution < -0.4 is 10.2 Å². The number of hydrogen-bond acceptors (Lipinski definition) is 5. The standard InChI is InChI=1S/C22H22N4O2S/c1-2-6-18-21(29-25-24-18)22(28)23-17-10-11-19-16(13-17)9-12-20(27)26(19)14-15-7-4-3-5-8-15/h3-5,7-8,10-11,13H,2,6,9,12,14H2,1H3,(H,23,28). The number of fused-ring (bicyclic) bond motifs is 1. The average Bonchev–Trinajstić information content (AvgIpc) is 3.20. The topological polar surface area (TPSA) is 75.2 Å². The molecule has 0 saturated carbocycles. The van der Waals surface area contributed by atoms with Gasteiger partial charge in [-0.15, -0.1) is 5.10 Å². The summed E-state index contributed by atoms with van der Waals surface area (Å²) < 4.78 is 3.92. The zero-order valence-corrected chi connectivity index (χ0v) is 17.0. The molecule has 29 heavy (non-hydrogen) atoms. The molecule has 1 aromatic heterocycles. The van der Waals surface area contributed by atoms with Crippen LogP contribution in [0.5, 0.6) is 0 Å². The Bertz CT molecular complexity index is 1030. The van der Waals surface area contributed by atoms with Crippen molar-refractivity contribution in [3.63, 3.8) is 0 Å². The highest BCUT2D eigenvalue weighted by Crippen LogP contribution is 2.32. The highest BCUT2D eigenvalue weighted by molar-refractivity contribution is 7.08. The van der Waals surface area contributed by atoms with Gasteiger partial charge in [0, 0.05) is 17.8 Å². The molecule has 0 radical (unpaired) electrons. The Kier molecular flexibility index (Phi) is 5.67. The van der Waals surface area contributed by atoms with Gasteiger partial charge in [-0.1, -0.05) is 48.2 Å². The Morgan fingerprint density at radius 3 is 2.79 bits per heavy atom. The van der Waals surface area contributed by atoms with Crippen LogP contribution >= 0.6 is 11.5 Å². The van der Waals surface area contributed by atoms with Crippen LogP contribution in [0.25, 0.3) is 0 Å². The average molecular weight is 407 g/mol. The van der Waals surface area contributed by atoms with Gasteiger partial charge in [0.2, 0.25) is 5.91 Å². The number of aromatic nitrogens is 2. The van der Waals surface area contributed by atoms with E-state index in [1.807, 2.05) is 60.4 Å². The third-order valence-corrected chi connectivity index (χ3v) is 5.74.